The van der Waals surface area contributed by atoms with E-state index in [2.05, 4.69) is 54.4 Å². The van der Waals surface area contributed by atoms with E-state index in [-0.39, 0.29) is 0 Å². The van der Waals surface area contributed by atoms with Crippen LogP contribution in [0.5, 0.6) is 0 Å². The lowest BCUT2D eigenvalue weighted by Crippen LogP contribution is -2.45. The van der Waals surface area contributed by atoms with E-state index in [9.17, 15) is 0 Å². The van der Waals surface area contributed by atoms with Gasteiger partial charge in [0.05, 0.1) is 0 Å². The van der Waals surface area contributed by atoms with Gasteiger partial charge in [-0.05, 0) is 50.3 Å². The maximum absolute atomic E-state index is 3.75. The average Bonchev–Trinajstić information content (AvgIpc) is 2.45. The van der Waals surface area contributed by atoms with Gasteiger partial charge in [0.25, 0.3) is 0 Å². The fourth-order valence-electron chi connectivity index (χ4n) is 3.02. The van der Waals surface area contributed by atoms with E-state index in [1.165, 1.54) is 50.9 Å². The molecule has 112 valence electrons. The Morgan fingerprint density at radius 3 is 2.80 bits per heavy atom. The molecule has 1 aromatic carbocycles. The topological polar surface area (TPSA) is 15.3 Å². The van der Waals surface area contributed by atoms with Crippen LogP contribution in [-0.4, -0.2) is 30.6 Å². The number of benzene rings is 1. The van der Waals surface area contributed by atoms with E-state index >= 15 is 0 Å². The minimum Gasteiger partial charge on any atom is -0.313 e. The van der Waals surface area contributed by atoms with Crippen molar-refractivity contribution in [3.8, 4) is 0 Å². The first-order valence-corrected chi connectivity index (χ1v) is 8.23. The minimum atomic E-state index is 0.694. The Labute approximate surface area is 124 Å². The van der Waals surface area contributed by atoms with E-state index in [4.69, 9.17) is 0 Å². The Hall–Kier alpha value is -0.860. The van der Waals surface area contributed by atoms with Gasteiger partial charge in [-0.15, -0.1) is 0 Å². The molecule has 1 unspecified atom stereocenters. The number of nitrogens with one attached hydrogen (secondary N) is 1. The lowest BCUT2D eigenvalue weighted by molar-refractivity contribution is 0.183. The molecule has 2 nitrogen and oxygen atoms in total. The van der Waals surface area contributed by atoms with Crippen molar-refractivity contribution in [1.29, 1.82) is 0 Å². The second kappa shape index (κ2) is 8.43. The van der Waals surface area contributed by atoms with Gasteiger partial charge in [-0.1, -0.05) is 44.2 Å². The number of likely N-dealkylation sites (tertiary alicyclic amines) is 1. The number of rotatable bonds is 7. The largest absolute Gasteiger partial charge is 0.313 e. The molecular weight excluding hydrogens is 244 g/mol. The van der Waals surface area contributed by atoms with Crippen molar-refractivity contribution in [1.82, 2.24) is 10.2 Å². The number of hydrogen-bond acceptors (Lipinski definition) is 2. The second-order valence-electron chi connectivity index (χ2n) is 6.55. The standard InChI is InChI=1S/C18H30N2/c1-16(2)8-6-12-19-18-11-7-13-20(15-18)14-17-9-4-3-5-10-17/h3-5,9-10,16,18-19H,6-8,11-15H2,1-2H3. The van der Waals surface area contributed by atoms with E-state index in [0.29, 0.717) is 6.04 Å². The van der Waals surface area contributed by atoms with E-state index in [1.807, 2.05) is 0 Å². The maximum Gasteiger partial charge on any atom is 0.0234 e. The molecule has 1 fully saturated rings. The molecule has 1 atom stereocenters. The summed E-state index contributed by atoms with van der Waals surface area (Å²) in [6, 6.07) is 11.5. The zero-order valence-corrected chi connectivity index (χ0v) is 13.1. The molecule has 0 bridgehead atoms. The molecule has 1 aromatic rings. The van der Waals surface area contributed by atoms with E-state index < -0.39 is 0 Å². The van der Waals surface area contributed by atoms with Gasteiger partial charge in [0.2, 0.25) is 0 Å². The van der Waals surface area contributed by atoms with Gasteiger partial charge in [-0.3, -0.25) is 4.90 Å². The van der Waals surface area contributed by atoms with Crippen LogP contribution in [0.2, 0.25) is 0 Å². The highest BCUT2D eigenvalue weighted by molar-refractivity contribution is 5.14. The van der Waals surface area contributed by atoms with Crippen LogP contribution in [0.4, 0.5) is 0 Å². The van der Waals surface area contributed by atoms with Gasteiger partial charge in [0.1, 0.15) is 0 Å². The van der Waals surface area contributed by atoms with E-state index in [0.717, 1.165) is 12.5 Å². The Balaban J connectivity index is 1.69. The summed E-state index contributed by atoms with van der Waals surface area (Å²) in [5.41, 5.74) is 1.44. The zero-order valence-electron chi connectivity index (χ0n) is 13.1. The third-order valence-electron chi connectivity index (χ3n) is 4.15. The molecule has 0 aliphatic carbocycles. The lowest BCUT2D eigenvalue weighted by Gasteiger charge is -2.33. The molecule has 1 aliphatic rings. The van der Waals surface area contributed by atoms with Crippen LogP contribution in [0.1, 0.15) is 45.1 Å². The van der Waals surface area contributed by atoms with Crippen LogP contribution in [-0.2, 0) is 6.54 Å². The van der Waals surface area contributed by atoms with Crippen molar-refractivity contribution in [3.63, 3.8) is 0 Å². The first-order valence-electron chi connectivity index (χ1n) is 8.23. The minimum absolute atomic E-state index is 0.694. The van der Waals surface area contributed by atoms with Crippen molar-refractivity contribution in [2.75, 3.05) is 19.6 Å². The van der Waals surface area contributed by atoms with Crippen molar-refractivity contribution in [2.24, 2.45) is 5.92 Å². The summed E-state index contributed by atoms with van der Waals surface area (Å²) in [4.78, 5) is 2.60. The number of hydrogen-bond donors (Lipinski definition) is 1. The average molecular weight is 274 g/mol. The quantitative estimate of drug-likeness (QED) is 0.763. The number of piperidine rings is 1. The maximum atomic E-state index is 3.75. The highest BCUT2D eigenvalue weighted by Crippen LogP contribution is 2.14. The summed E-state index contributed by atoms with van der Waals surface area (Å²) < 4.78 is 0. The third-order valence-corrected chi connectivity index (χ3v) is 4.15. The van der Waals surface area contributed by atoms with Gasteiger partial charge in [0, 0.05) is 19.1 Å². The molecule has 1 N–H and O–H groups in total. The van der Waals surface area contributed by atoms with Crippen molar-refractivity contribution >= 4 is 0 Å². The lowest BCUT2D eigenvalue weighted by atomic mass is 10.0. The van der Waals surface area contributed by atoms with Gasteiger partial charge in [-0.25, -0.2) is 0 Å². The molecule has 0 saturated carbocycles. The molecule has 1 saturated heterocycles. The monoisotopic (exact) mass is 274 g/mol. The molecule has 2 rings (SSSR count). The summed E-state index contributed by atoms with van der Waals surface area (Å²) in [6.07, 6.45) is 5.32. The highest BCUT2D eigenvalue weighted by Gasteiger charge is 2.19. The first kappa shape index (κ1) is 15.5. The second-order valence-corrected chi connectivity index (χ2v) is 6.55. The van der Waals surface area contributed by atoms with Crippen LogP contribution in [0.3, 0.4) is 0 Å². The summed E-state index contributed by atoms with van der Waals surface area (Å²) in [6.45, 7) is 9.35. The molecule has 0 aromatic heterocycles. The molecule has 20 heavy (non-hydrogen) atoms. The predicted octanol–water partition coefficient (Wildman–Crippen LogP) is 3.68. The Bertz CT molecular complexity index is 361. The highest BCUT2D eigenvalue weighted by atomic mass is 15.2. The van der Waals surface area contributed by atoms with Crippen LogP contribution >= 0.6 is 0 Å². The summed E-state index contributed by atoms with van der Waals surface area (Å²) in [5, 5.41) is 3.75. The predicted molar refractivity (Wildman–Crippen MR) is 86.8 cm³/mol. The Morgan fingerprint density at radius 1 is 1.25 bits per heavy atom. The molecule has 0 radical (unpaired) electrons. The molecule has 1 aliphatic heterocycles. The van der Waals surface area contributed by atoms with Gasteiger partial charge in [0.15, 0.2) is 0 Å². The Morgan fingerprint density at radius 2 is 2.05 bits per heavy atom. The fraction of sp³-hybridized carbons (Fsp3) is 0.667. The van der Waals surface area contributed by atoms with Crippen molar-refractivity contribution < 1.29 is 0 Å². The third kappa shape index (κ3) is 5.64. The van der Waals surface area contributed by atoms with Gasteiger partial charge in [-0.2, -0.15) is 0 Å². The molecule has 1 heterocycles. The summed E-state index contributed by atoms with van der Waals surface area (Å²) >= 11 is 0. The number of nitrogens with zero attached hydrogens (tertiary/aromatic N) is 1. The van der Waals surface area contributed by atoms with E-state index in [1.54, 1.807) is 0 Å². The Kier molecular flexibility index (Phi) is 6.55. The van der Waals surface area contributed by atoms with Crippen molar-refractivity contribution in [2.45, 2.75) is 52.1 Å². The van der Waals surface area contributed by atoms with Crippen LogP contribution in [0, 0.1) is 5.92 Å². The van der Waals surface area contributed by atoms with Crippen LogP contribution in [0.25, 0.3) is 0 Å². The van der Waals surface area contributed by atoms with Crippen LogP contribution in [0.15, 0.2) is 30.3 Å². The normalized spacial score (nSPS) is 20.4. The molecule has 0 spiro atoms. The SMILES string of the molecule is CC(C)CCCNC1CCCN(Cc2ccccc2)C1. The summed E-state index contributed by atoms with van der Waals surface area (Å²) in [7, 11) is 0. The fourth-order valence-corrected chi connectivity index (χ4v) is 3.02. The molecule has 0 amide bonds. The zero-order chi connectivity index (χ0) is 14.2. The molecule has 2 heteroatoms. The van der Waals surface area contributed by atoms with Gasteiger partial charge >= 0.3 is 0 Å². The van der Waals surface area contributed by atoms with Crippen LogP contribution < -0.4 is 5.32 Å². The molecular formula is C18H30N2. The smallest absolute Gasteiger partial charge is 0.0234 e. The first-order chi connectivity index (χ1) is 9.74. The van der Waals surface area contributed by atoms with Gasteiger partial charge < -0.3 is 5.32 Å². The summed E-state index contributed by atoms with van der Waals surface area (Å²) in [5.74, 6) is 0.831. The van der Waals surface area contributed by atoms with Crippen molar-refractivity contribution in [3.05, 3.63) is 35.9 Å².